The zero-order valence-electron chi connectivity index (χ0n) is 7.61. The Kier molecular flexibility index (Phi) is 3.18. The lowest BCUT2D eigenvalue weighted by molar-refractivity contribution is 1.27. The Morgan fingerprint density at radius 2 is 2.20 bits per heavy atom. The molecule has 0 spiro atoms. The highest BCUT2D eigenvalue weighted by molar-refractivity contribution is 9.10. The molecule has 2 aromatic heterocycles. The van der Waals surface area contributed by atoms with Crippen LogP contribution >= 0.6 is 27.5 Å². The van der Waals surface area contributed by atoms with Crippen LogP contribution in [0.4, 0.5) is 11.5 Å². The van der Waals surface area contributed by atoms with Crippen molar-refractivity contribution in [3.63, 3.8) is 0 Å². The van der Waals surface area contributed by atoms with Crippen molar-refractivity contribution in [2.45, 2.75) is 0 Å². The molecule has 2 rings (SSSR count). The van der Waals surface area contributed by atoms with Gasteiger partial charge in [0.15, 0.2) is 0 Å². The van der Waals surface area contributed by atoms with Gasteiger partial charge in [0.05, 0.1) is 16.9 Å². The van der Waals surface area contributed by atoms with Crippen molar-refractivity contribution in [1.82, 2.24) is 9.97 Å². The molecule has 0 bridgehead atoms. The maximum Gasteiger partial charge on any atom is 0.149 e. The van der Waals surface area contributed by atoms with E-state index in [1.165, 1.54) is 0 Å². The topological polar surface area (TPSA) is 37.8 Å². The predicted molar refractivity (Wildman–Crippen MR) is 64.5 cm³/mol. The van der Waals surface area contributed by atoms with Gasteiger partial charge in [0.25, 0.3) is 0 Å². The van der Waals surface area contributed by atoms with Crippen LogP contribution in [0.15, 0.2) is 41.3 Å². The largest absolute Gasteiger partial charge is 0.338 e. The standard InChI is InChI=1S/C10H7BrClN3/c11-7-4-9(12)10(14-5-7)15-8-2-1-3-13-6-8/h1-6H,(H,14,15). The monoisotopic (exact) mass is 283 g/mol. The number of nitrogens with one attached hydrogen (secondary N) is 1. The molecular weight excluding hydrogens is 277 g/mol. The van der Waals surface area contributed by atoms with Crippen LogP contribution in [0.3, 0.4) is 0 Å². The molecule has 0 unspecified atom stereocenters. The van der Waals surface area contributed by atoms with Crippen molar-refractivity contribution < 1.29 is 0 Å². The van der Waals surface area contributed by atoms with Crippen LogP contribution in [0.2, 0.25) is 5.02 Å². The molecule has 15 heavy (non-hydrogen) atoms. The van der Waals surface area contributed by atoms with E-state index in [9.17, 15) is 0 Å². The number of anilines is 2. The average Bonchev–Trinajstić information content (AvgIpc) is 2.24. The number of hydrogen-bond acceptors (Lipinski definition) is 3. The van der Waals surface area contributed by atoms with Gasteiger partial charge in [-0.3, -0.25) is 4.98 Å². The summed E-state index contributed by atoms with van der Waals surface area (Å²) in [6.07, 6.45) is 5.10. The fraction of sp³-hybridized carbons (Fsp3) is 0. The smallest absolute Gasteiger partial charge is 0.149 e. The molecule has 0 aliphatic heterocycles. The Hall–Kier alpha value is -1.13. The summed E-state index contributed by atoms with van der Waals surface area (Å²) in [6, 6.07) is 5.52. The maximum atomic E-state index is 6.00. The lowest BCUT2D eigenvalue weighted by Crippen LogP contribution is -1.94. The highest BCUT2D eigenvalue weighted by atomic mass is 79.9. The van der Waals surface area contributed by atoms with Crippen molar-refractivity contribution in [3.05, 3.63) is 46.3 Å². The molecule has 0 saturated heterocycles. The Morgan fingerprint density at radius 1 is 1.33 bits per heavy atom. The van der Waals surface area contributed by atoms with Crippen LogP contribution in [-0.2, 0) is 0 Å². The fourth-order valence-electron chi connectivity index (χ4n) is 1.08. The fourth-order valence-corrected chi connectivity index (χ4v) is 1.76. The molecule has 0 aromatic carbocycles. The maximum absolute atomic E-state index is 6.00. The molecule has 1 N–H and O–H groups in total. The van der Waals surface area contributed by atoms with Crippen LogP contribution in [0.1, 0.15) is 0 Å². The van der Waals surface area contributed by atoms with Crippen molar-refractivity contribution in [3.8, 4) is 0 Å². The Morgan fingerprint density at radius 3 is 2.87 bits per heavy atom. The molecule has 0 saturated carbocycles. The molecule has 0 aliphatic rings. The van der Waals surface area contributed by atoms with Gasteiger partial charge in [-0.15, -0.1) is 0 Å². The highest BCUT2D eigenvalue weighted by Gasteiger charge is 2.02. The Labute approximate surface area is 101 Å². The lowest BCUT2D eigenvalue weighted by Gasteiger charge is -2.06. The van der Waals surface area contributed by atoms with E-state index in [1.54, 1.807) is 24.7 Å². The minimum atomic E-state index is 0.563. The second kappa shape index (κ2) is 4.59. The first-order chi connectivity index (χ1) is 7.25. The van der Waals surface area contributed by atoms with Gasteiger partial charge in [0, 0.05) is 16.9 Å². The van der Waals surface area contributed by atoms with Crippen LogP contribution in [0.25, 0.3) is 0 Å². The van der Waals surface area contributed by atoms with Crippen LogP contribution < -0.4 is 5.32 Å². The van der Waals surface area contributed by atoms with Crippen molar-refractivity contribution in [1.29, 1.82) is 0 Å². The Bertz CT molecular complexity index is 461. The first-order valence-electron chi connectivity index (χ1n) is 4.24. The van der Waals surface area contributed by atoms with Crippen LogP contribution in [0.5, 0.6) is 0 Å². The summed E-state index contributed by atoms with van der Waals surface area (Å²) in [5, 5.41) is 3.64. The molecule has 5 heteroatoms. The van der Waals surface area contributed by atoms with Gasteiger partial charge in [-0.25, -0.2) is 4.98 Å². The molecule has 2 heterocycles. The van der Waals surface area contributed by atoms with Gasteiger partial charge in [-0.2, -0.15) is 0 Å². The van der Waals surface area contributed by atoms with Gasteiger partial charge in [-0.1, -0.05) is 11.6 Å². The molecule has 3 nitrogen and oxygen atoms in total. The van der Waals surface area contributed by atoms with Gasteiger partial charge in [0.1, 0.15) is 5.82 Å². The summed E-state index contributed by atoms with van der Waals surface area (Å²) in [4.78, 5) is 8.14. The van der Waals surface area contributed by atoms with E-state index in [-0.39, 0.29) is 0 Å². The number of hydrogen-bond donors (Lipinski definition) is 1. The van der Waals surface area contributed by atoms with E-state index >= 15 is 0 Å². The summed E-state index contributed by atoms with van der Waals surface area (Å²) in [7, 11) is 0. The minimum absolute atomic E-state index is 0.563. The van der Waals surface area contributed by atoms with E-state index in [0.717, 1.165) is 10.2 Å². The summed E-state index contributed by atoms with van der Waals surface area (Å²) < 4.78 is 0.851. The summed E-state index contributed by atoms with van der Waals surface area (Å²) in [5.41, 5.74) is 0.856. The number of rotatable bonds is 2. The summed E-state index contributed by atoms with van der Waals surface area (Å²) in [6.45, 7) is 0. The van der Waals surface area contributed by atoms with E-state index in [0.29, 0.717) is 10.8 Å². The third-order valence-corrected chi connectivity index (χ3v) is 2.45. The molecule has 76 valence electrons. The molecule has 0 aliphatic carbocycles. The third kappa shape index (κ3) is 2.67. The molecule has 0 fully saturated rings. The first-order valence-corrected chi connectivity index (χ1v) is 5.41. The lowest BCUT2D eigenvalue weighted by atomic mass is 10.4. The molecule has 0 amide bonds. The van der Waals surface area contributed by atoms with Gasteiger partial charge in [-0.05, 0) is 34.1 Å². The van der Waals surface area contributed by atoms with Crippen molar-refractivity contribution in [2.75, 3.05) is 5.32 Å². The van der Waals surface area contributed by atoms with E-state index in [2.05, 4.69) is 31.2 Å². The summed E-state index contributed by atoms with van der Waals surface area (Å²) >= 11 is 9.30. The predicted octanol–water partition coefficient (Wildman–Crippen LogP) is 3.64. The number of aromatic nitrogens is 2. The molecule has 2 aromatic rings. The van der Waals surface area contributed by atoms with E-state index in [1.807, 2.05) is 12.1 Å². The van der Waals surface area contributed by atoms with Crippen LogP contribution in [-0.4, -0.2) is 9.97 Å². The number of halogens is 2. The SMILES string of the molecule is Clc1cc(Br)cnc1Nc1cccnc1. The highest BCUT2D eigenvalue weighted by Crippen LogP contribution is 2.25. The van der Waals surface area contributed by atoms with E-state index in [4.69, 9.17) is 11.6 Å². The molecule has 0 radical (unpaired) electrons. The van der Waals surface area contributed by atoms with Gasteiger partial charge < -0.3 is 5.32 Å². The van der Waals surface area contributed by atoms with Gasteiger partial charge in [0.2, 0.25) is 0 Å². The molecule has 0 atom stereocenters. The van der Waals surface area contributed by atoms with Crippen LogP contribution in [0, 0.1) is 0 Å². The Balaban J connectivity index is 2.25. The quantitative estimate of drug-likeness (QED) is 0.915. The zero-order valence-corrected chi connectivity index (χ0v) is 9.96. The average molecular weight is 285 g/mol. The first kappa shape index (κ1) is 10.4. The zero-order chi connectivity index (χ0) is 10.7. The number of nitrogens with zero attached hydrogens (tertiary/aromatic N) is 2. The second-order valence-corrected chi connectivity index (χ2v) is 4.17. The second-order valence-electron chi connectivity index (χ2n) is 2.85. The van der Waals surface area contributed by atoms with Crippen molar-refractivity contribution in [2.24, 2.45) is 0 Å². The van der Waals surface area contributed by atoms with Crippen molar-refractivity contribution >= 4 is 39.0 Å². The van der Waals surface area contributed by atoms with E-state index < -0.39 is 0 Å². The third-order valence-electron chi connectivity index (χ3n) is 1.73. The number of pyridine rings is 2. The normalized spacial score (nSPS) is 10.0. The molecular formula is C10H7BrClN3. The minimum Gasteiger partial charge on any atom is -0.338 e. The van der Waals surface area contributed by atoms with Gasteiger partial charge >= 0.3 is 0 Å². The summed E-state index contributed by atoms with van der Waals surface area (Å²) in [5.74, 6) is 0.618.